The molecule has 4 atom stereocenters. The quantitative estimate of drug-likeness (QED) is 0.335. The van der Waals surface area contributed by atoms with Crippen LogP contribution in [0.3, 0.4) is 0 Å². The molecular weight excluding hydrogens is 492 g/mol. The van der Waals surface area contributed by atoms with Crippen LogP contribution < -0.4 is 16.4 Å². The first kappa shape index (κ1) is 29.5. The lowest BCUT2D eigenvalue weighted by Crippen LogP contribution is -2.54. The summed E-state index contributed by atoms with van der Waals surface area (Å²) in [5.41, 5.74) is 7.45. The second kappa shape index (κ2) is 15.4. The van der Waals surface area contributed by atoms with Gasteiger partial charge in [0.15, 0.2) is 0 Å². The van der Waals surface area contributed by atoms with E-state index in [1.807, 2.05) is 29.2 Å². The fraction of sp³-hybridized carbons (Fsp3) is 0.714. The van der Waals surface area contributed by atoms with Crippen LogP contribution in [0.5, 0.6) is 0 Å². The van der Waals surface area contributed by atoms with Crippen LogP contribution in [0, 0.1) is 11.8 Å². The average molecular weight is 537 g/mol. The van der Waals surface area contributed by atoms with Crippen LogP contribution in [-0.2, 0) is 9.47 Å². The first-order chi connectivity index (χ1) is 17.9. The van der Waals surface area contributed by atoms with Crippen molar-refractivity contribution < 1.29 is 19.1 Å². The first-order valence-corrected chi connectivity index (χ1v) is 14.3. The predicted octanol–water partition coefficient (Wildman–Crippen LogP) is 5.25. The Labute approximate surface area is 227 Å². The summed E-state index contributed by atoms with van der Waals surface area (Å²) in [4.78, 5) is 26.8. The Bertz CT molecular complexity index is 851. The molecule has 8 nitrogen and oxygen atoms in total. The number of halogens is 1. The lowest BCUT2D eigenvalue weighted by Gasteiger charge is -2.38. The molecule has 2 fully saturated rings. The molecule has 208 valence electrons. The molecule has 2 aliphatic rings. The molecule has 0 aromatic heterocycles. The average Bonchev–Trinajstić information content (AvgIpc) is 2.92. The minimum Gasteiger partial charge on any atom is -0.453 e. The Morgan fingerprint density at radius 1 is 1.19 bits per heavy atom. The molecule has 0 spiro atoms. The summed E-state index contributed by atoms with van der Waals surface area (Å²) in [5.74, 6) is 0.748. The van der Waals surface area contributed by atoms with Crippen molar-refractivity contribution in [3.63, 3.8) is 0 Å². The molecule has 1 saturated carbocycles. The molecule has 0 radical (unpaired) electrons. The molecule has 4 N–H and O–H groups in total. The zero-order valence-corrected chi connectivity index (χ0v) is 23.2. The highest BCUT2D eigenvalue weighted by Gasteiger charge is 2.33. The van der Waals surface area contributed by atoms with Gasteiger partial charge < -0.3 is 30.7 Å². The van der Waals surface area contributed by atoms with Crippen LogP contribution in [0.2, 0.25) is 5.02 Å². The van der Waals surface area contributed by atoms with Crippen molar-refractivity contribution in [3.8, 4) is 0 Å². The van der Waals surface area contributed by atoms with Gasteiger partial charge in [-0.25, -0.2) is 9.59 Å². The standard InChI is InChI=1S/C28H45ClN4O4/c1-3-24(30)25(17-20-9-5-4-6-10-20)32-27(34)33-15-8-12-22(19-33)26(21-11-7-13-23(29)18-21)37-16-14-31-28(35)36-2/h7,11,13,18,20,22,24-26H,3-6,8-10,12,14-17,19,30H2,1-2H3,(H,31,35)(H,32,34)/t22?,24-,25?,26+/m1/s1. The van der Waals surface area contributed by atoms with Gasteiger partial charge in [-0.1, -0.05) is 62.8 Å². The topological polar surface area (TPSA) is 106 Å². The number of carbonyl (C=O) groups excluding carboxylic acids is 2. The van der Waals surface area contributed by atoms with E-state index in [0.717, 1.165) is 31.2 Å². The third-order valence-electron chi connectivity index (χ3n) is 7.81. The zero-order chi connectivity index (χ0) is 26.6. The van der Waals surface area contributed by atoms with Crippen molar-refractivity contribution in [2.24, 2.45) is 17.6 Å². The molecule has 1 aliphatic carbocycles. The van der Waals surface area contributed by atoms with Gasteiger partial charge in [-0.05, 0) is 49.3 Å². The Hall–Kier alpha value is -2.03. The maximum atomic E-state index is 13.4. The minimum absolute atomic E-state index is 0.00894. The van der Waals surface area contributed by atoms with Crippen molar-refractivity contribution in [3.05, 3.63) is 34.9 Å². The van der Waals surface area contributed by atoms with Crippen molar-refractivity contribution >= 4 is 23.7 Å². The number of nitrogens with two attached hydrogens (primary N) is 1. The van der Waals surface area contributed by atoms with Gasteiger partial charge in [0.25, 0.3) is 0 Å². The Kier molecular flexibility index (Phi) is 12.3. The number of benzene rings is 1. The number of piperidine rings is 1. The van der Waals surface area contributed by atoms with Crippen LogP contribution in [0.1, 0.15) is 76.4 Å². The third kappa shape index (κ3) is 9.34. The van der Waals surface area contributed by atoms with E-state index < -0.39 is 6.09 Å². The zero-order valence-electron chi connectivity index (χ0n) is 22.4. The third-order valence-corrected chi connectivity index (χ3v) is 8.05. The van der Waals surface area contributed by atoms with Crippen LogP contribution in [-0.4, -0.2) is 62.5 Å². The number of ether oxygens (including phenoxy) is 2. The van der Waals surface area contributed by atoms with Crippen LogP contribution in [0.4, 0.5) is 9.59 Å². The lowest BCUT2D eigenvalue weighted by molar-refractivity contribution is -0.00870. The van der Waals surface area contributed by atoms with E-state index in [1.165, 1.54) is 39.2 Å². The highest BCUT2D eigenvalue weighted by Crippen LogP contribution is 2.34. The summed E-state index contributed by atoms with van der Waals surface area (Å²) in [6.45, 7) is 4.04. The number of nitrogens with one attached hydrogen (secondary N) is 2. The number of carbonyl (C=O) groups is 2. The molecule has 37 heavy (non-hydrogen) atoms. The highest BCUT2D eigenvalue weighted by atomic mass is 35.5. The molecule has 3 rings (SSSR count). The van der Waals surface area contributed by atoms with Gasteiger partial charge in [-0.2, -0.15) is 0 Å². The number of nitrogens with zero attached hydrogens (tertiary/aromatic N) is 1. The second-order valence-corrected chi connectivity index (χ2v) is 10.9. The molecule has 9 heteroatoms. The SMILES string of the molecule is CC[C@@H](N)C(CC1CCCCC1)NC(=O)N1CCCC([C@@H](OCCNC(=O)OC)c2cccc(Cl)c2)C1. The number of amides is 3. The molecule has 3 amide bonds. The fourth-order valence-electron chi connectivity index (χ4n) is 5.70. The summed E-state index contributed by atoms with van der Waals surface area (Å²) < 4.78 is 10.9. The van der Waals surface area contributed by atoms with E-state index in [0.29, 0.717) is 37.2 Å². The number of hydrogen-bond donors (Lipinski definition) is 3. The monoisotopic (exact) mass is 536 g/mol. The van der Waals surface area contributed by atoms with E-state index in [1.54, 1.807) is 0 Å². The summed E-state index contributed by atoms with van der Waals surface area (Å²) in [6.07, 6.45) is 9.23. The Morgan fingerprint density at radius 3 is 2.68 bits per heavy atom. The van der Waals surface area contributed by atoms with Gasteiger partial charge in [0.1, 0.15) is 0 Å². The highest BCUT2D eigenvalue weighted by molar-refractivity contribution is 6.30. The van der Waals surface area contributed by atoms with Crippen molar-refractivity contribution in [2.75, 3.05) is 33.4 Å². The van der Waals surface area contributed by atoms with E-state index in [-0.39, 0.29) is 30.1 Å². The number of alkyl carbamates (subject to hydrolysis) is 1. The first-order valence-electron chi connectivity index (χ1n) is 13.9. The molecule has 2 unspecified atom stereocenters. The molecule has 1 heterocycles. The summed E-state index contributed by atoms with van der Waals surface area (Å²) in [6, 6.07) is 7.58. The number of likely N-dealkylation sites (tertiary alicyclic amines) is 1. The van der Waals surface area contributed by atoms with Gasteiger partial charge in [0.2, 0.25) is 0 Å². The molecule has 1 aliphatic heterocycles. The summed E-state index contributed by atoms with van der Waals surface area (Å²) >= 11 is 6.29. The Morgan fingerprint density at radius 2 is 1.97 bits per heavy atom. The fourth-order valence-corrected chi connectivity index (χ4v) is 5.90. The minimum atomic E-state index is -0.489. The normalized spacial score (nSPS) is 21.1. The lowest BCUT2D eigenvalue weighted by atomic mass is 9.83. The van der Waals surface area contributed by atoms with Crippen LogP contribution >= 0.6 is 11.6 Å². The van der Waals surface area contributed by atoms with E-state index in [2.05, 4.69) is 22.3 Å². The van der Waals surface area contributed by atoms with E-state index in [4.69, 9.17) is 22.1 Å². The van der Waals surface area contributed by atoms with Crippen molar-refractivity contribution in [1.82, 2.24) is 15.5 Å². The molecule has 1 aromatic carbocycles. The van der Waals surface area contributed by atoms with Gasteiger partial charge in [0, 0.05) is 42.7 Å². The van der Waals surface area contributed by atoms with Gasteiger partial charge >= 0.3 is 12.1 Å². The van der Waals surface area contributed by atoms with Crippen LogP contribution in [0.25, 0.3) is 0 Å². The second-order valence-electron chi connectivity index (χ2n) is 10.5. The summed E-state index contributed by atoms with van der Waals surface area (Å²) in [7, 11) is 1.33. The molecule has 1 saturated heterocycles. The van der Waals surface area contributed by atoms with Crippen molar-refractivity contribution in [2.45, 2.75) is 82.9 Å². The summed E-state index contributed by atoms with van der Waals surface area (Å²) in [5, 5.41) is 6.60. The smallest absolute Gasteiger partial charge is 0.406 e. The van der Waals surface area contributed by atoms with Gasteiger partial charge in [0.05, 0.1) is 19.8 Å². The molecular formula is C28H45ClN4O4. The maximum absolute atomic E-state index is 13.4. The predicted molar refractivity (Wildman–Crippen MR) is 147 cm³/mol. The number of hydrogen-bond acceptors (Lipinski definition) is 5. The number of urea groups is 1. The maximum Gasteiger partial charge on any atom is 0.406 e. The van der Waals surface area contributed by atoms with Crippen LogP contribution in [0.15, 0.2) is 24.3 Å². The molecule has 1 aromatic rings. The largest absolute Gasteiger partial charge is 0.453 e. The number of rotatable bonds is 11. The van der Waals surface area contributed by atoms with E-state index >= 15 is 0 Å². The van der Waals surface area contributed by atoms with Gasteiger partial charge in [-0.3, -0.25) is 0 Å². The van der Waals surface area contributed by atoms with Crippen molar-refractivity contribution in [1.29, 1.82) is 0 Å². The number of methoxy groups -OCH3 is 1. The van der Waals surface area contributed by atoms with Gasteiger partial charge in [-0.15, -0.1) is 0 Å². The van der Waals surface area contributed by atoms with E-state index in [9.17, 15) is 9.59 Å². The molecule has 0 bridgehead atoms. The Balaban J connectivity index is 1.65.